The van der Waals surface area contributed by atoms with Crippen molar-refractivity contribution in [3.8, 4) is 0 Å². The Hall–Kier alpha value is -2.81. The lowest BCUT2D eigenvalue weighted by molar-refractivity contribution is 0.0941. The Morgan fingerprint density at radius 1 is 0.909 bits per heavy atom. The molecule has 3 nitrogen and oxygen atoms in total. The molecule has 2 aromatic carbocycles. The Bertz CT molecular complexity index is 708. The van der Waals surface area contributed by atoms with E-state index in [0.29, 0.717) is 11.3 Å². The summed E-state index contributed by atoms with van der Waals surface area (Å²) >= 11 is 0. The van der Waals surface area contributed by atoms with Crippen LogP contribution in [0.15, 0.2) is 77.4 Å². The molecule has 0 atom stereocenters. The number of hydrogen-bond acceptors (Lipinski definition) is 2. The maximum atomic E-state index is 12.5. The first-order chi connectivity index (χ1) is 10.8. The van der Waals surface area contributed by atoms with E-state index >= 15 is 0 Å². The van der Waals surface area contributed by atoms with Crippen molar-refractivity contribution in [2.75, 3.05) is 0 Å². The summed E-state index contributed by atoms with van der Waals surface area (Å²) in [5.74, 6) is 0.487. The van der Waals surface area contributed by atoms with Gasteiger partial charge in [-0.25, -0.2) is 0 Å². The van der Waals surface area contributed by atoms with E-state index in [0.717, 1.165) is 11.1 Å². The van der Waals surface area contributed by atoms with E-state index < -0.39 is 0 Å². The van der Waals surface area contributed by atoms with Crippen molar-refractivity contribution in [1.29, 1.82) is 0 Å². The molecule has 3 rings (SSSR count). The summed E-state index contributed by atoms with van der Waals surface area (Å²) in [7, 11) is 0. The average Bonchev–Trinajstić information content (AvgIpc) is 3.00. The summed E-state index contributed by atoms with van der Waals surface area (Å²) in [4.78, 5) is 12.5. The largest absolute Gasteiger partial charge is 0.469 e. The van der Waals surface area contributed by atoms with Crippen LogP contribution >= 0.6 is 0 Å². The number of carbonyl (C=O) groups is 1. The van der Waals surface area contributed by atoms with Gasteiger partial charge in [0.25, 0.3) is 5.91 Å². The Balaban J connectivity index is 1.93. The van der Waals surface area contributed by atoms with Crippen molar-refractivity contribution in [2.45, 2.75) is 13.0 Å². The van der Waals surface area contributed by atoms with Gasteiger partial charge >= 0.3 is 0 Å². The standard InChI is InChI=1S/C19H17NO2/c1-14-17(12-13-22-14)19(21)20-18(15-8-4-2-5-9-15)16-10-6-3-7-11-16/h2-13,18H,1H3,(H,20,21). The third-order valence-corrected chi connectivity index (χ3v) is 3.64. The van der Waals surface area contributed by atoms with Crippen LogP contribution in [0.5, 0.6) is 0 Å². The van der Waals surface area contributed by atoms with Crippen LogP contribution in [0.3, 0.4) is 0 Å². The number of amides is 1. The molecule has 0 unspecified atom stereocenters. The number of rotatable bonds is 4. The van der Waals surface area contributed by atoms with Gasteiger partial charge in [-0.3, -0.25) is 4.79 Å². The predicted molar refractivity (Wildman–Crippen MR) is 85.6 cm³/mol. The van der Waals surface area contributed by atoms with Gasteiger partial charge in [-0.1, -0.05) is 60.7 Å². The highest BCUT2D eigenvalue weighted by atomic mass is 16.3. The Kier molecular flexibility index (Phi) is 4.05. The quantitative estimate of drug-likeness (QED) is 0.786. The van der Waals surface area contributed by atoms with Crippen molar-refractivity contribution in [1.82, 2.24) is 5.32 Å². The van der Waals surface area contributed by atoms with Crippen molar-refractivity contribution in [2.24, 2.45) is 0 Å². The van der Waals surface area contributed by atoms with Gasteiger partial charge in [0, 0.05) is 0 Å². The van der Waals surface area contributed by atoms with Gasteiger partial charge in [-0.2, -0.15) is 0 Å². The molecule has 1 amide bonds. The first-order valence-corrected chi connectivity index (χ1v) is 7.20. The van der Waals surface area contributed by atoms with E-state index in [-0.39, 0.29) is 11.9 Å². The second kappa shape index (κ2) is 6.31. The molecule has 1 N–H and O–H groups in total. The minimum atomic E-state index is -0.191. The topological polar surface area (TPSA) is 42.2 Å². The van der Waals surface area contributed by atoms with Gasteiger partial charge < -0.3 is 9.73 Å². The number of carbonyl (C=O) groups excluding carboxylic acids is 1. The predicted octanol–water partition coefficient (Wildman–Crippen LogP) is 4.11. The van der Waals surface area contributed by atoms with E-state index in [4.69, 9.17) is 4.42 Å². The summed E-state index contributed by atoms with van der Waals surface area (Å²) in [6.07, 6.45) is 1.53. The van der Waals surface area contributed by atoms with Crippen LogP contribution in [0.2, 0.25) is 0 Å². The van der Waals surface area contributed by atoms with Gasteiger partial charge in [0.1, 0.15) is 5.76 Å². The van der Waals surface area contributed by atoms with Crippen LogP contribution in [0, 0.1) is 6.92 Å². The van der Waals surface area contributed by atoms with Gasteiger partial charge in [0.2, 0.25) is 0 Å². The number of nitrogens with one attached hydrogen (secondary N) is 1. The zero-order valence-corrected chi connectivity index (χ0v) is 12.3. The molecule has 0 saturated carbocycles. The molecule has 1 heterocycles. The molecule has 0 radical (unpaired) electrons. The third kappa shape index (κ3) is 2.93. The van der Waals surface area contributed by atoms with Gasteiger partial charge in [0.15, 0.2) is 0 Å². The molecule has 3 heteroatoms. The summed E-state index contributed by atoms with van der Waals surface area (Å²) in [6, 6.07) is 21.4. The smallest absolute Gasteiger partial charge is 0.255 e. The van der Waals surface area contributed by atoms with Gasteiger partial charge in [0.05, 0.1) is 17.9 Å². The molecule has 0 fully saturated rings. The van der Waals surface area contributed by atoms with Crippen molar-refractivity contribution < 1.29 is 9.21 Å². The third-order valence-electron chi connectivity index (χ3n) is 3.64. The highest BCUT2D eigenvalue weighted by molar-refractivity contribution is 5.95. The molecular weight excluding hydrogens is 274 g/mol. The monoisotopic (exact) mass is 291 g/mol. The highest BCUT2D eigenvalue weighted by Gasteiger charge is 2.19. The molecule has 0 aliphatic rings. The molecular formula is C19H17NO2. The Morgan fingerprint density at radius 3 is 1.91 bits per heavy atom. The van der Waals surface area contributed by atoms with Crippen molar-refractivity contribution in [3.63, 3.8) is 0 Å². The molecule has 1 aromatic heterocycles. The fourth-order valence-electron chi connectivity index (χ4n) is 2.48. The lowest BCUT2D eigenvalue weighted by Gasteiger charge is -2.19. The Labute approximate surface area is 129 Å². The van der Waals surface area contributed by atoms with E-state index in [2.05, 4.69) is 5.32 Å². The molecule has 0 aliphatic carbocycles. The van der Waals surface area contributed by atoms with E-state index in [1.54, 1.807) is 13.0 Å². The van der Waals surface area contributed by atoms with Crippen LogP contribution < -0.4 is 5.32 Å². The van der Waals surface area contributed by atoms with Crippen molar-refractivity contribution in [3.05, 3.63) is 95.4 Å². The second-order valence-electron chi connectivity index (χ2n) is 5.12. The highest BCUT2D eigenvalue weighted by Crippen LogP contribution is 2.22. The first-order valence-electron chi connectivity index (χ1n) is 7.20. The maximum Gasteiger partial charge on any atom is 0.255 e. The zero-order chi connectivity index (χ0) is 15.4. The molecule has 3 aromatic rings. The first kappa shape index (κ1) is 14.1. The minimum Gasteiger partial charge on any atom is -0.469 e. The van der Waals surface area contributed by atoms with Crippen LogP contribution in [-0.2, 0) is 0 Å². The summed E-state index contributed by atoms with van der Waals surface area (Å²) < 4.78 is 5.22. The number of hydrogen-bond donors (Lipinski definition) is 1. The van der Waals surface area contributed by atoms with Crippen molar-refractivity contribution >= 4 is 5.91 Å². The fourth-order valence-corrected chi connectivity index (χ4v) is 2.48. The van der Waals surface area contributed by atoms with Crippen LogP contribution in [0.25, 0.3) is 0 Å². The lowest BCUT2D eigenvalue weighted by Crippen LogP contribution is -2.29. The molecule has 0 saturated heterocycles. The van der Waals surface area contributed by atoms with E-state index in [1.165, 1.54) is 6.26 Å². The number of furan rings is 1. The number of aryl methyl sites for hydroxylation is 1. The SMILES string of the molecule is Cc1occc1C(=O)NC(c1ccccc1)c1ccccc1. The Morgan fingerprint density at radius 2 is 1.45 bits per heavy atom. The van der Waals surface area contributed by atoms with Gasteiger partial charge in [-0.15, -0.1) is 0 Å². The normalized spacial score (nSPS) is 10.6. The molecule has 0 bridgehead atoms. The summed E-state index contributed by atoms with van der Waals surface area (Å²) in [5.41, 5.74) is 2.66. The fraction of sp³-hybridized carbons (Fsp3) is 0.105. The van der Waals surface area contributed by atoms with E-state index in [1.807, 2.05) is 60.7 Å². The summed E-state index contributed by atoms with van der Waals surface area (Å²) in [6.45, 7) is 1.79. The number of benzene rings is 2. The zero-order valence-electron chi connectivity index (χ0n) is 12.3. The minimum absolute atomic E-state index is 0.135. The average molecular weight is 291 g/mol. The molecule has 0 aliphatic heterocycles. The lowest BCUT2D eigenvalue weighted by atomic mass is 9.98. The van der Waals surface area contributed by atoms with Crippen LogP contribution in [-0.4, -0.2) is 5.91 Å². The van der Waals surface area contributed by atoms with Crippen LogP contribution in [0.1, 0.15) is 33.3 Å². The maximum absolute atomic E-state index is 12.5. The molecule has 0 spiro atoms. The second-order valence-corrected chi connectivity index (χ2v) is 5.12. The van der Waals surface area contributed by atoms with Crippen LogP contribution in [0.4, 0.5) is 0 Å². The molecule has 110 valence electrons. The van der Waals surface area contributed by atoms with Gasteiger partial charge in [-0.05, 0) is 24.1 Å². The van der Waals surface area contributed by atoms with E-state index in [9.17, 15) is 4.79 Å². The molecule has 22 heavy (non-hydrogen) atoms. The summed E-state index contributed by atoms with van der Waals surface area (Å²) in [5, 5.41) is 3.09.